The van der Waals surface area contributed by atoms with Crippen molar-refractivity contribution in [1.82, 2.24) is 0 Å². The SMILES string of the molecule is CC(=O)/C=C/c1ccc(CC(=O)O)cc1. The van der Waals surface area contributed by atoms with Gasteiger partial charge in [-0.15, -0.1) is 0 Å². The van der Waals surface area contributed by atoms with Gasteiger partial charge >= 0.3 is 5.97 Å². The van der Waals surface area contributed by atoms with Gasteiger partial charge in [-0.05, 0) is 24.1 Å². The Kier molecular flexibility index (Phi) is 3.80. The highest BCUT2D eigenvalue weighted by Crippen LogP contribution is 2.06. The van der Waals surface area contributed by atoms with E-state index in [-0.39, 0.29) is 12.2 Å². The molecule has 0 bridgehead atoms. The van der Waals surface area contributed by atoms with Crippen LogP contribution in [0.25, 0.3) is 6.08 Å². The Morgan fingerprint density at radius 1 is 1.27 bits per heavy atom. The van der Waals surface area contributed by atoms with Crippen LogP contribution in [0.3, 0.4) is 0 Å². The van der Waals surface area contributed by atoms with Crippen LogP contribution in [0.1, 0.15) is 18.1 Å². The van der Waals surface area contributed by atoms with E-state index in [0.717, 1.165) is 11.1 Å². The van der Waals surface area contributed by atoms with E-state index in [4.69, 9.17) is 5.11 Å². The average molecular weight is 204 g/mol. The number of benzene rings is 1. The van der Waals surface area contributed by atoms with E-state index < -0.39 is 5.97 Å². The Bertz CT molecular complexity index is 388. The third-order valence-electron chi connectivity index (χ3n) is 1.85. The molecule has 0 heterocycles. The molecule has 15 heavy (non-hydrogen) atoms. The second-order valence-corrected chi connectivity index (χ2v) is 3.26. The summed E-state index contributed by atoms with van der Waals surface area (Å²) in [6, 6.07) is 7.07. The molecule has 1 aromatic carbocycles. The summed E-state index contributed by atoms with van der Waals surface area (Å²) in [6.45, 7) is 1.48. The molecule has 0 spiro atoms. The Labute approximate surface area is 88.0 Å². The fraction of sp³-hybridized carbons (Fsp3) is 0.167. The second-order valence-electron chi connectivity index (χ2n) is 3.26. The lowest BCUT2D eigenvalue weighted by molar-refractivity contribution is -0.136. The second kappa shape index (κ2) is 5.10. The molecule has 0 saturated heterocycles. The van der Waals surface area contributed by atoms with Gasteiger partial charge in [-0.1, -0.05) is 30.3 Å². The van der Waals surface area contributed by atoms with Gasteiger partial charge in [0.05, 0.1) is 6.42 Å². The highest BCUT2D eigenvalue weighted by Gasteiger charge is 1.98. The van der Waals surface area contributed by atoms with Gasteiger partial charge in [0.15, 0.2) is 5.78 Å². The smallest absolute Gasteiger partial charge is 0.307 e. The van der Waals surface area contributed by atoms with Gasteiger partial charge < -0.3 is 5.11 Å². The van der Waals surface area contributed by atoms with Crippen molar-refractivity contribution < 1.29 is 14.7 Å². The van der Waals surface area contributed by atoms with Crippen LogP contribution in [0.5, 0.6) is 0 Å². The van der Waals surface area contributed by atoms with Gasteiger partial charge in [-0.3, -0.25) is 9.59 Å². The molecular weight excluding hydrogens is 192 g/mol. The number of aliphatic carboxylic acids is 1. The third kappa shape index (κ3) is 4.22. The number of carbonyl (C=O) groups excluding carboxylic acids is 1. The Morgan fingerprint density at radius 3 is 2.33 bits per heavy atom. The van der Waals surface area contributed by atoms with Crippen molar-refractivity contribution in [3.05, 3.63) is 41.5 Å². The molecule has 3 nitrogen and oxygen atoms in total. The van der Waals surface area contributed by atoms with E-state index in [9.17, 15) is 9.59 Å². The van der Waals surface area contributed by atoms with Gasteiger partial charge in [0.2, 0.25) is 0 Å². The van der Waals surface area contributed by atoms with Crippen LogP contribution < -0.4 is 0 Å². The van der Waals surface area contributed by atoms with Crippen LogP contribution >= 0.6 is 0 Å². The number of ketones is 1. The summed E-state index contributed by atoms with van der Waals surface area (Å²) in [4.78, 5) is 21.1. The first kappa shape index (κ1) is 11.2. The molecule has 1 N–H and O–H groups in total. The summed E-state index contributed by atoms with van der Waals surface area (Å²) in [6.07, 6.45) is 3.20. The predicted molar refractivity (Wildman–Crippen MR) is 57.5 cm³/mol. The molecule has 0 atom stereocenters. The molecule has 0 saturated carbocycles. The molecular formula is C12H12O3. The summed E-state index contributed by atoms with van der Waals surface area (Å²) in [5, 5.41) is 8.55. The van der Waals surface area contributed by atoms with E-state index in [1.54, 1.807) is 30.3 Å². The van der Waals surface area contributed by atoms with E-state index in [1.165, 1.54) is 13.0 Å². The molecule has 78 valence electrons. The molecule has 0 aliphatic carbocycles. The predicted octanol–water partition coefficient (Wildman–Crippen LogP) is 1.92. The van der Waals surface area contributed by atoms with Crippen LogP contribution in [0, 0.1) is 0 Å². The van der Waals surface area contributed by atoms with Crippen molar-refractivity contribution >= 4 is 17.8 Å². The van der Waals surface area contributed by atoms with Crippen molar-refractivity contribution in [2.24, 2.45) is 0 Å². The normalized spacial score (nSPS) is 10.5. The Hall–Kier alpha value is -1.90. The molecule has 0 unspecified atom stereocenters. The summed E-state index contributed by atoms with van der Waals surface area (Å²) in [5.41, 5.74) is 1.64. The first-order valence-corrected chi connectivity index (χ1v) is 4.57. The molecule has 3 heteroatoms. The maximum Gasteiger partial charge on any atom is 0.307 e. The lowest BCUT2D eigenvalue weighted by atomic mass is 10.1. The zero-order valence-electron chi connectivity index (χ0n) is 8.43. The van der Waals surface area contributed by atoms with Crippen molar-refractivity contribution in [3.8, 4) is 0 Å². The number of carboxylic acids is 1. The minimum absolute atomic E-state index is 0.00962. The highest BCUT2D eigenvalue weighted by atomic mass is 16.4. The van der Waals surface area contributed by atoms with Crippen LogP contribution in [0.2, 0.25) is 0 Å². The quantitative estimate of drug-likeness (QED) is 0.762. The van der Waals surface area contributed by atoms with Crippen LogP contribution in [0.4, 0.5) is 0 Å². The van der Waals surface area contributed by atoms with Crippen molar-refractivity contribution in [1.29, 1.82) is 0 Å². The number of hydrogen-bond donors (Lipinski definition) is 1. The third-order valence-corrected chi connectivity index (χ3v) is 1.85. The zero-order chi connectivity index (χ0) is 11.3. The fourth-order valence-electron chi connectivity index (χ4n) is 1.13. The molecule has 0 aromatic heterocycles. The first-order valence-electron chi connectivity index (χ1n) is 4.57. The lowest BCUT2D eigenvalue weighted by Gasteiger charge is -1.97. The van der Waals surface area contributed by atoms with E-state index in [2.05, 4.69) is 0 Å². The molecule has 0 aliphatic heterocycles. The molecule has 0 fully saturated rings. The summed E-state index contributed by atoms with van der Waals surface area (Å²) in [7, 11) is 0. The average Bonchev–Trinajstić information content (AvgIpc) is 2.16. The summed E-state index contributed by atoms with van der Waals surface area (Å²) in [5.74, 6) is -0.855. The molecule has 0 radical (unpaired) electrons. The van der Waals surface area contributed by atoms with E-state index in [1.807, 2.05) is 0 Å². The van der Waals surface area contributed by atoms with Gasteiger partial charge in [-0.2, -0.15) is 0 Å². The minimum Gasteiger partial charge on any atom is -0.481 e. The molecule has 1 aromatic rings. The van der Waals surface area contributed by atoms with Crippen molar-refractivity contribution in [2.75, 3.05) is 0 Å². The van der Waals surface area contributed by atoms with Gasteiger partial charge in [0.1, 0.15) is 0 Å². The number of hydrogen-bond acceptors (Lipinski definition) is 2. The standard InChI is InChI=1S/C12H12O3/c1-9(13)2-3-10-4-6-11(7-5-10)8-12(14)15/h2-7H,8H2,1H3,(H,14,15)/b3-2+. The summed E-state index contributed by atoms with van der Waals surface area (Å²) < 4.78 is 0. The topological polar surface area (TPSA) is 54.4 Å². The van der Waals surface area contributed by atoms with Gasteiger partial charge in [-0.25, -0.2) is 0 Å². The van der Waals surface area contributed by atoms with E-state index in [0.29, 0.717) is 0 Å². The Morgan fingerprint density at radius 2 is 1.87 bits per heavy atom. The zero-order valence-corrected chi connectivity index (χ0v) is 8.43. The molecule has 1 rings (SSSR count). The van der Waals surface area contributed by atoms with E-state index >= 15 is 0 Å². The summed E-state index contributed by atoms with van der Waals surface area (Å²) >= 11 is 0. The number of carboxylic acid groups (broad SMARTS) is 1. The van der Waals surface area contributed by atoms with Crippen molar-refractivity contribution in [2.45, 2.75) is 13.3 Å². The monoisotopic (exact) mass is 204 g/mol. The molecule has 0 aliphatic rings. The minimum atomic E-state index is -0.845. The highest BCUT2D eigenvalue weighted by molar-refractivity contribution is 5.91. The van der Waals surface area contributed by atoms with Gasteiger partial charge in [0, 0.05) is 0 Å². The maximum absolute atomic E-state index is 10.7. The fourth-order valence-corrected chi connectivity index (χ4v) is 1.13. The lowest BCUT2D eigenvalue weighted by Crippen LogP contribution is -1.99. The largest absolute Gasteiger partial charge is 0.481 e. The molecule has 0 amide bonds. The van der Waals surface area contributed by atoms with Crippen LogP contribution in [-0.4, -0.2) is 16.9 Å². The van der Waals surface area contributed by atoms with Gasteiger partial charge in [0.25, 0.3) is 0 Å². The Balaban J connectivity index is 2.72. The first-order chi connectivity index (χ1) is 7.08. The maximum atomic E-state index is 10.7. The van der Waals surface area contributed by atoms with Crippen molar-refractivity contribution in [3.63, 3.8) is 0 Å². The van der Waals surface area contributed by atoms with Crippen LogP contribution in [0.15, 0.2) is 30.3 Å². The number of allylic oxidation sites excluding steroid dienone is 1. The number of rotatable bonds is 4. The van der Waals surface area contributed by atoms with Crippen LogP contribution in [-0.2, 0) is 16.0 Å². The number of carbonyl (C=O) groups is 2.